The largest absolute Gasteiger partial charge is 0.495 e. The molecule has 0 atom stereocenters. The number of hydrogen-bond donors (Lipinski definition) is 0. The molecule has 0 bridgehead atoms. The summed E-state index contributed by atoms with van der Waals surface area (Å²) >= 11 is 0. The fourth-order valence-electron chi connectivity index (χ4n) is 2.31. The fraction of sp³-hybridized carbons (Fsp3) is 0.538. The maximum atomic E-state index is 12.7. The number of nitrogens with zero attached hydrogens (tertiary/aromatic N) is 1. The van der Waals surface area contributed by atoms with E-state index in [1.165, 1.54) is 11.4 Å². The summed E-state index contributed by atoms with van der Waals surface area (Å²) in [5, 5.41) is 0. The molecule has 1 fully saturated rings. The highest BCUT2D eigenvalue weighted by molar-refractivity contribution is 7.89. The predicted molar refractivity (Wildman–Crippen MR) is 72.0 cm³/mol. The minimum Gasteiger partial charge on any atom is -0.495 e. The Labute approximate surface area is 114 Å². The van der Waals surface area contributed by atoms with Gasteiger partial charge >= 0.3 is 0 Å². The van der Waals surface area contributed by atoms with E-state index in [9.17, 15) is 8.42 Å². The van der Waals surface area contributed by atoms with Gasteiger partial charge in [-0.05, 0) is 31.0 Å². The standard InChI is InChI=1S/C13H19NO4S/c1-10-8-11(2)13(12(9-10)17-3)19(15,16)14-4-6-18-7-5-14/h8-9H,4-7H2,1-3H3. The van der Waals surface area contributed by atoms with Crippen LogP contribution in [0, 0.1) is 13.8 Å². The van der Waals surface area contributed by atoms with Gasteiger partial charge in [-0.25, -0.2) is 8.42 Å². The second-order valence-electron chi connectivity index (χ2n) is 4.63. The zero-order valence-electron chi connectivity index (χ0n) is 11.5. The average Bonchev–Trinajstić information content (AvgIpc) is 2.38. The van der Waals surface area contributed by atoms with Gasteiger partial charge < -0.3 is 9.47 Å². The smallest absolute Gasteiger partial charge is 0.247 e. The van der Waals surface area contributed by atoms with Crippen LogP contribution in [0.3, 0.4) is 0 Å². The van der Waals surface area contributed by atoms with Gasteiger partial charge in [-0.3, -0.25) is 0 Å². The molecule has 0 spiro atoms. The SMILES string of the molecule is COc1cc(C)cc(C)c1S(=O)(=O)N1CCOCC1. The quantitative estimate of drug-likeness (QED) is 0.841. The molecule has 1 aliphatic rings. The third kappa shape index (κ3) is 2.75. The fourth-order valence-corrected chi connectivity index (χ4v) is 4.06. The molecular weight excluding hydrogens is 266 g/mol. The van der Waals surface area contributed by atoms with Gasteiger partial charge in [0, 0.05) is 13.1 Å². The van der Waals surface area contributed by atoms with Crippen molar-refractivity contribution in [3.8, 4) is 5.75 Å². The van der Waals surface area contributed by atoms with Crippen molar-refractivity contribution in [1.29, 1.82) is 0 Å². The molecule has 0 radical (unpaired) electrons. The molecule has 0 N–H and O–H groups in total. The van der Waals surface area contributed by atoms with Gasteiger partial charge in [-0.2, -0.15) is 4.31 Å². The maximum absolute atomic E-state index is 12.7. The summed E-state index contributed by atoms with van der Waals surface area (Å²) in [6, 6.07) is 3.61. The molecule has 6 heteroatoms. The number of morpholine rings is 1. The predicted octanol–water partition coefficient (Wildman–Crippen LogP) is 1.33. The second-order valence-corrected chi connectivity index (χ2v) is 6.50. The van der Waals surface area contributed by atoms with Crippen LogP contribution >= 0.6 is 0 Å². The average molecular weight is 285 g/mol. The summed E-state index contributed by atoms with van der Waals surface area (Å²) in [5.41, 5.74) is 1.69. The van der Waals surface area contributed by atoms with Crippen LogP contribution in [-0.4, -0.2) is 46.1 Å². The molecule has 19 heavy (non-hydrogen) atoms. The molecule has 5 nitrogen and oxygen atoms in total. The number of sulfonamides is 1. The van der Waals surface area contributed by atoms with Crippen molar-refractivity contribution in [2.45, 2.75) is 18.7 Å². The van der Waals surface area contributed by atoms with E-state index in [2.05, 4.69) is 0 Å². The number of hydrogen-bond acceptors (Lipinski definition) is 4. The van der Waals surface area contributed by atoms with Crippen molar-refractivity contribution in [1.82, 2.24) is 4.31 Å². The lowest BCUT2D eigenvalue weighted by Gasteiger charge is -2.27. The molecule has 1 heterocycles. The second kappa shape index (κ2) is 5.48. The number of methoxy groups -OCH3 is 1. The van der Waals surface area contributed by atoms with E-state index in [1.54, 1.807) is 13.0 Å². The van der Waals surface area contributed by atoms with Crippen LogP contribution in [0.15, 0.2) is 17.0 Å². The van der Waals surface area contributed by atoms with Gasteiger partial charge in [0.1, 0.15) is 10.6 Å². The van der Waals surface area contributed by atoms with Gasteiger partial charge in [-0.1, -0.05) is 6.07 Å². The van der Waals surface area contributed by atoms with Crippen molar-refractivity contribution in [3.05, 3.63) is 23.3 Å². The van der Waals surface area contributed by atoms with Crippen LogP contribution in [0.25, 0.3) is 0 Å². The van der Waals surface area contributed by atoms with E-state index in [0.29, 0.717) is 37.6 Å². The summed E-state index contributed by atoms with van der Waals surface area (Å²) in [6.07, 6.45) is 0. The molecule has 1 aliphatic heterocycles. The van der Waals surface area contributed by atoms with Crippen LogP contribution in [0.2, 0.25) is 0 Å². The Morgan fingerprint density at radius 3 is 2.42 bits per heavy atom. The number of benzene rings is 1. The topological polar surface area (TPSA) is 55.8 Å². The van der Waals surface area contributed by atoms with Gasteiger partial charge in [0.15, 0.2) is 0 Å². The molecule has 1 aromatic rings. The van der Waals surface area contributed by atoms with Gasteiger partial charge in [0.05, 0.1) is 20.3 Å². The van der Waals surface area contributed by atoms with Crippen molar-refractivity contribution in [3.63, 3.8) is 0 Å². The zero-order chi connectivity index (χ0) is 14.0. The number of aryl methyl sites for hydroxylation is 2. The lowest BCUT2D eigenvalue weighted by atomic mass is 10.1. The first-order chi connectivity index (χ1) is 8.96. The van der Waals surface area contributed by atoms with Crippen LogP contribution in [0.5, 0.6) is 5.75 Å². The highest BCUT2D eigenvalue weighted by Gasteiger charge is 2.30. The highest BCUT2D eigenvalue weighted by Crippen LogP contribution is 2.31. The van der Waals surface area contributed by atoms with Crippen LogP contribution in [0.4, 0.5) is 0 Å². The lowest BCUT2D eigenvalue weighted by molar-refractivity contribution is 0.0729. The van der Waals surface area contributed by atoms with Crippen LogP contribution in [0.1, 0.15) is 11.1 Å². The van der Waals surface area contributed by atoms with Crippen LogP contribution in [-0.2, 0) is 14.8 Å². The molecule has 1 saturated heterocycles. The van der Waals surface area contributed by atoms with E-state index in [1.807, 2.05) is 13.0 Å². The number of rotatable bonds is 3. The molecule has 1 aromatic carbocycles. The minimum absolute atomic E-state index is 0.266. The summed E-state index contributed by atoms with van der Waals surface area (Å²) in [6.45, 7) is 5.36. The summed E-state index contributed by atoms with van der Waals surface area (Å²) in [7, 11) is -2.03. The lowest BCUT2D eigenvalue weighted by Crippen LogP contribution is -2.41. The Morgan fingerprint density at radius 2 is 1.84 bits per heavy atom. The van der Waals surface area contributed by atoms with Crippen molar-refractivity contribution in [2.75, 3.05) is 33.4 Å². The molecule has 106 valence electrons. The van der Waals surface area contributed by atoms with Crippen molar-refractivity contribution < 1.29 is 17.9 Å². The van der Waals surface area contributed by atoms with Crippen molar-refractivity contribution >= 4 is 10.0 Å². The van der Waals surface area contributed by atoms with E-state index >= 15 is 0 Å². The van der Waals surface area contributed by atoms with E-state index in [0.717, 1.165) is 5.56 Å². The van der Waals surface area contributed by atoms with Gasteiger partial charge in [0.2, 0.25) is 10.0 Å². The Balaban J connectivity index is 2.50. The number of ether oxygens (including phenoxy) is 2. The highest BCUT2D eigenvalue weighted by atomic mass is 32.2. The van der Waals surface area contributed by atoms with Gasteiger partial charge in [-0.15, -0.1) is 0 Å². The monoisotopic (exact) mass is 285 g/mol. The molecule has 0 aromatic heterocycles. The molecule has 0 aliphatic carbocycles. The first-order valence-corrected chi connectivity index (χ1v) is 7.64. The maximum Gasteiger partial charge on any atom is 0.247 e. The summed E-state index contributed by atoms with van der Waals surface area (Å²) in [4.78, 5) is 0.266. The molecule has 0 amide bonds. The first-order valence-electron chi connectivity index (χ1n) is 6.20. The molecule has 0 unspecified atom stereocenters. The molecular formula is C13H19NO4S. The first kappa shape index (κ1) is 14.3. The van der Waals surface area contributed by atoms with E-state index < -0.39 is 10.0 Å². The minimum atomic E-state index is -3.52. The molecule has 0 saturated carbocycles. The summed E-state index contributed by atoms with van der Waals surface area (Å²) in [5.74, 6) is 0.406. The molecule has 2 rings (SSSR count). The van der Waals surface area contributed by atoms with E-state index in [4.69, 9.17) is 9.47 Å². The Hall–Kier alpha value is -1.11. The van der Waals surface area contributed by atoms with Crippen molar-refractivity contribution in [2.24, 2.45) is 0 Å². The summed E-state index contributed by atoms with van der Waals surface area (Å²) < 4.78 is 37.3. The Kier molecular flexibility index (Phi) is 4.13. The van der Waals surface area contributed by atoms with E-state index in [-0.39, 0.29) is 4.90 Å². The van der Waals surface area contributed by atoms with Crippen LogP contribution < -0.4 is 4.74 Å². The van der Waals surface area contributed by atoms with Gasteiger partial charge in [0.25, 0.3) is 0 Å². The normalized spacial score (nSPS) is 17.4. The third-order valence-corrected chi connectivity index (χ3v) is 5.26. The Bertz CT molecular complexity index is 562. The zero-order valence-corrected chi connectivity index (χ0v) is 12.3. The Morgan fingerprint density at radius 1 is 1.21 bits per heavy atom. The third-order valence-electron chi connectivity index (χ3n) is 3.17.